The fourth-order valence-corrected chi connectivity index (χ4v) is 0.753. The largest absolute Gasteiger partial charge is 0.481 e. The van der Waals surface area contributed by atoms with Crippen LogP contribution in [0, 0.1) is 5.92 Å². The van der Waals surface area contributed by atoms with E-state index in [1.165, 1.54) is 0 Å². The third kappa shape index (κ3) is 6.05. The topological polar surface area (TPSA) is 78.4 Å². The first-order valence-electron chi connectivity index (χ1n) is 4.43. The van der Waals surface area contributed by atoms with E-state index < -0.39 is 11.9 Å². The minimum atomic E-state index is -0.849. The number of rotatable bonds is 6. The van der Waals surface area contributed by atoms with Crippen LogP contribution in [0.5, 0.6) is 0 Å². The van der Waals surface area contributed by atoms with Gasteiger partial charge in [0.1, 0.15) is 0 Å². The van der Waals surface area contributed by atoms with Crippen molar-refractivity contribution in [1.29, 1.82) is 0 Å². The van der Waals surface area contributed by atoms with Gasteiger partial charge in [0.25, 0.3) is 0 Å². The number of carbonyl (C=O) groups excluding carboxylic acids is 1. The molecule has 0 fully saturated rings. The van der Waals surface area contributed by atoms with Crippen molar-refractivity contribution in [2.75, 3.05) is 13.1 Å². The van der Waals surface area contributed by atoms with E-state index in [-0.39, 0.29) is 6.03 Å². The van der Waals surface area contributed by atoms with Gasteiger partial charge in [-0.1, -0.05) is 13.0 Å². The Kier molecular flexibility index (Phi) is 6.19. The molecule has 2 amide bonds. The van der Waals surface area contributed by atoms with Crippen LogP contribution >= 0.6 is 0 Å². The standard InChI is InChI=1S/C9H16N2O3/c1-3-5-10-9(14)11-6-4-7(2)8(12)13/h3,7H,1,4-6H2,2H3,(H,12,13)(H2,10,11,14). The number of urea groups is 1. The fourth-order valence-electron chi connectivity index (χ4n) is 0.753. The van der Waals surface area contributed by atoms with Gasteiger partial charge in [0.05, 0.1) is 5.92 Å². The molecule has 0 aromatic carbocycles. The van der Waals surface area contributed by atoms with Gasteiger partial charge in [-0.25, -0.2) is 4.79 Å². The van der Waals surface area contributed by atoms with Crippen LogP contribution in [0.1, 0.15) is 13.3 Å². The lowest BCUT2D eigenvalue weighted by Gasteiger charge is -2.07. The Labute approximate surface area is 83.2 Å². The Morgan fingerprint density at radius 2 is 2.14 bits per heavy atom. The van der Waals surface area contributed by atoms with Crippen molar-refractivity contribution in [2.24, 2.45) is 5.92 Å². The molecule has 0 bridgehead atoms. The molecular weight excluding hydrogens is 184 g/mol. The third-order valence-electron chi connectivity index (χ3n) is 1.69. The van der Waals surface area contributed by atoms with Crippen molar-refractivity contribution >= 4 is 12.0 Å². The summed E-state index contributed by atoms with van der Waals surface area (Å²) in [6, 6.07) is -0.303. The Balaban J connectivity index is 3.48. The first-order valence-corrected chi connectivity index (χ1v) is 4.43. The molecule has 0 rings (SSSR count). The number of carboxylic acids is 1. The minimum absolute atomic E-state index is 0.303. The van der Waals surface area contributed by atoms with Crippen LogP contribution in [0.2, 0.25) is 0 Å². The summed E-state index contributed by atoms with van der Waals surface area (Å²) in [4.78, 5) is 21.3. The highest BCUT2D eigenvalue weighted by Crippen LogP contribution is 1.99. The number of carboxylic acid groups (broad SMARTS) is 1. The highest BCUT2D eigenvalue weighted by molar-refractivity contribution is 5.74. The molecule has 0 aromatic rings. The zero-order chi connectivity index (χ0) is 11.0. The summed E-state index contributed by atoms with van der Waals surface area (Å²) < 4.78 is 0. The van der Waals surface area contributed by atoms with Crippen LogP contribution in [-0.4, -0.2) is 30.2 Å². The maximum atomic E-state index is 10.9. The van der Waals surface area contributed by atoms with Gasteiger partial charge in [-0.2, -0.15) is 0 Å². The average molecular weight is 200 g/mol. The lowest BCUT2D eigenvalue weighted by atomic mass is 10.1. The molecule has 0 saturated carbocycles. The predicted octanol–water partition coefficient (Wildman–Crippen LogP) is 0.582. The lowest BCUT2D eigenvalue weighted by molar-refractivity contribution is -0.141. The van der Waals surface area contributed by atoms with Crippen LogP contribution in [0.3, 0.4) is 0 Å². The molecule has 5 heteroatoms. The van der Waals surface area contributed by atoms with Gasteiger partial charge in [-0.05, 0) is 6.42 Å². The van der Waals surface area contributed by atoms with Crippen molar-refractivity contribution in [3.8, 4) is 0 Å². The summed E-state index contributed by atoms with van der Waals surface area (Å²) in [6.07, 6.45) is 2.00. The summed E-state index contributed by atoms with van der Waals surface area (Å²) in [5.41, 5.74) is 0. The molecule has 1 unspecified atom stereocenters. The second-order valence-electron chi connectivity index (χ2n) is 2.95. The minimum Gasteiger partial charge on any atom is -0.481 e. The zero-order valence-electron chi connectivity index (χ0n) is 8.25. The first kappa shape index (κ1) is 12.5. The monoisotopic (exact) mass is 200 g/mol. The molecule has 1 atom stereocenters. The highest BCUT2D eigenvalue weighted by atomic mass is 16.4. The third-order valence-corrected chi connectivity index (χ3v) is 1.69. The van der Waals surface area contributed by atoms with E-state index in [0.717, 1.165) is 0 Å². The maximum absolute atomic E-state index is 10.9. The van der Waals surface area contributed by atoms with E-state index in [4.69, 9.17) is 5.11 Å². The summed E-state index contributed by atoms with van der Waals surface area (Å²) in [7, 11) is 0. The van der Waals surface area contributed by atoms with E-state index in [1.54, 1.807) is 13.0 Å². The molecule has 5 nitrogen and oxygen atoms in total. The van der Waals surface area contributed by atoms with Gasteiger partial charge in [0.15, 0.2) is 0 Å². The summed E-state index contributed by atoms with van der Waals surface area (Å²) in [5.74, 6) is -1.28. The normalized spacial score (nSPS) is 11.5. The van der Waals surface area contributed by atoms with E-state index in [1.807, 2.05) is 0 Å². The Hall–Kier alpha value is -1.52. The molecule has 14 heavy (non-hydrogen) atoms. The Morgan fingerprint density at radius 3 is 2.64 bits per heavy atom. The van der Waals surface area contributed by atoms with E-state index in [2.05, 4.69) is 17.2 Å². The summed E-state index contributed by atoms with van der Waals surface area (Å²) in [6.45, 7) is 5.81. The number of hydrogen-bond acceptors (Lipinski definition) is 2. The van der Waals surface area contributed by atoms with Gasteiger partial charge < -0.3 is 15.7 Å². The molecule has 3 N–H and O–H groups in total. The molecular formula is C9H16N2O3. The number of hydrogen-bond donors (Lipinski definition) is 3. The molecule has 0 radical (unpaired) electrons. The fraction of sp³-hybridized carbons (Fsp3) is 0.556. The molecule has 0 heterocycles. The number of aliphatic carboxylic acids is 1. The van der Waals surface area contributed by atoms with Gasteiger partial charge in [0.2, 0.25) is 0 Å². The van der Waals surface area contributed by atoms with Crippen molar-refractivity contribution in [3.63, 3.8) is 0 Å². The molecule has 0 aliphatic carbocycles. The van der Waals surface area contributed by atoms with Crippen molar-refractivity contribution < 1.29 is 14.7 Å². The zero-order valence-corrected chi connectivity index (χ0v) is 8.25. The second kappa shape index (κ2) is 6.94. The van der Waals surface area contributed by atoms with Crippen LogP contribution < -0.4 is 10.6 Å². The van der Waals surface area contributed by atoms with Crippen LogP contribution in [0.4, 0.5) is 4.79 Å². The Morgan fingerprint density at radius 1 is 1.50 bits per heavy atom. The molecule has 0 aliphatic rings. The van der Waals surface area contributed by atoms with Crippen LogP contribution in [-0.2, 0) is 4.79 Å². The average Bonchev–Trinajstić information content (AvgIpc) is 2.14. The number of amides is 2. The predicted molar refractivity (Wildman–Crippen MR) is 53.0 cm³/mol. The van der Waals surface area contributed by atoms with E-state index in [0.29, 0.717) is 19.5 Å². The molecule has 0 saturated heterocycles. The summed E-state index contributed by atoms with van der Waals surface area (Å²) in [5, 5.41) is 13.6. The van der Waals surface area contributed by atoms with Crippen molar-refractivity contribution in [1.82, 2.24) is 10.6 Å². The van der Waals surface area contributed by atoms with Crippen LogP contribution in [0.15, 0.2) is 12.7 Å². The maximum Gasteiger partial charge on any atom is 0.315 e. The van der Waals surface area contributed by atoms with E-state index in [9.17, 15) is 9.59 Å². The Bertz CT molecular complexity index is 216. The second-order valence-corrected chi connectivity index (χ2v) is 2.95. The number of nitrogens with one attached hydrogen (secondary N) is 2. The SMILES string of the molecule is C=CCNC(=O)NCCC(C)C(=O)O. The first-order chi connectivity index (χ1) is 6.57. The smallest absolute Gasteiger partial charge is 0.315 e. The molecule has 0 aliphatic heterocycles. The van der Waals surface area contributed by atoms with E-state index >= 15 is 0 Å². The summed E-state index contributed by atoms with van der Waals surface area (Å²) >= 11 is 0. The van der Waals surface area contributed by atoms with Crippen molar-refractivity contribution in [3.05, 3.63) is 12.7 Å². The number of carbonyl (C=O) groups is 2. The van der Waals surface area contributed by atoms with Gasteiger partial charge in [-0.3, -0.25) is 4.79 Å². The lowest BCUT2D eigenvalue weighted by Crippen LogP contribution is -2.36. The van der Waals surface area contributed by atoms with Crippen molar-refractivity contribution in [2.45, 2.75) is 13.3 Å². The molecule has 0 spiro atoms. The highest BCUT2D eigenvalue weighted by Gasteiger charge is 2.10. The molecule has 80 valence electrons. The van der Waals surface area contributed by atoms with Crippen LogP contribution in [0.25, 0.3) is 0 Å². The van der Waals surface area contributed by atoms with Gasteiger partial charge in [0, 0.05) is 13.1 Å². The molecule has 0 aromatic heterocycles. The quantitative estimate of drug-likeness (QED) is 0.549. The van der Waals surface area contributed by atoms with Gasteiger partial charge in [-0.15, -0.1) is 6.58 Å². The van der Waals surface area contributed by atoms with Gasteiger partial charge >= 0.3 is 12.0 Å².